The maximum absolute atomic E-state index is 11.5. The van der Waals surface area contributed by atoms with E-state index in [1.807, 2.05) is 47.7 Å². The van der Waals surface area contributed by atoms with Crippen molar-refractivity contribution in [1.82, 2.24) is 4.98 Å². The van der Waals surface area contributed by atoms with Gasteiger partial charge >= 0.3 is 0 Å². The first-order valence-electron chi connectivity index (χ1n) is 11.4. The van der Waals surface area contributed by atoms with Crippen LogP contribution in [0, 0.1) is 44.6 Å². The summed E-state index contributed by atoms with van der Waals surface area (Å²) >= 11 is 0. The molecular formula is C30H38IrNO2-. The van der Waals surface area contributed by atoms with Gasteiger partial charge < -0.3 is 10.1 Å². The molecule has 3 aromatic rings. The van der Waals surface area contributed by atoms with Gasteiger partial charge in [-0.05, 0) is 35.9 Å². The van der Waals surface area contributed by atoms with Gasteiger partial charge in [-0.3, -0.25) is 4.79 Å². The molecule has 1 heterocycles. The number of aliphatic hydroxyl groups is 1. The molecule has 1 aromatic heterocycles. The minimum absolute atomic E-state index is 0. The van der Waals surface area contributed by atoms with Crippen molar-refractivity contribution in [3.63, 3.8) is 0 Å². The molecule has 0 aliphatic rings. The maximum atomic E-state index is 11.5. The van der Waals surface area contributed by atoms with Crippen LogP contribution in [0.5, 0.6) is 0 Å². The van der Waals surface area contributed by atoms with E-state index in [1.54, 1.807) is 0 Å². The van der Waals surface area contributed by atoms with Gasteiger partial charge in [0.25, 0.3) is 0 Å². The van der Waals surface area contributed by atoms with E-state index in [-0.39, 0.29) is 37.1 Å². The summed E-state index contributed by atoms with van der Waals surface area (Å²) in [5.41, 5.74) is 6.23. The number of aryl methyl sites for hydroxylation is 4. The van der Waals surface area contributed by atoms with Crippen LogP contribution in [-0.4, -0.2) is 15.9 Å². The van der Waals surface area contributed by atoms with Crippen molar-refractivity contribution in [3.05, 3.63) is 76.7 Å². The van der Waals surface area contributed by atoms with E-state index < -0.39 is 5.41 Å². The van der Waals surface area contributed by atoms with E-state index in [0.29, 0.717) is 0 Å². The fourth-order valence-electron chi connectivity index (χ4n) is 3.17. The molecule has 0 fully saturated rings. The summed E-state index contributed by atoms with van der Waals surface area (Å²) in [4.78, 5) is 16.2. The number of allylic oxidation sites excluding steroid dienone is 2. The molecule has 0 bridgehead atoms. The predicted octanol–water partition coefficient (Wildman–Crippen LogP) is 8.02. The molecule has 0 amide bonds. The molecule has 34 heavy (non-hydrogen) atoms. The standard InChI is InChI=1S/C19H18N.C11H20O2.Ir/c1-12-5-7-14(3)17(9-12)19-18-10-13(2)6-8-16(18)15(4)11-20-19;1-10(2,3)8(12)7-9(13)11(4,5)6;/h5-8,10-11H,1-4H3;7,12H,1-6H3;/q-1;;/b;8-7-;. The van der Waals surface area contributed by atoms with Gasteiger partial charge in [-0.15, -0.1) is 34.9 Å². The van der Waals surface area contributed by atoms with Crippen LogP contribution in [0.3, 0.4) is 0 Å². The first-order chi connectivity index (χ1) is 15.1. The molecule has 2 aromatic carbocycles. The number of aromatic nitrogens is 1. The van der Waals surface area contributed by atoms with Crippen LogP contribution in [0.4, 0.5) is 0 Å². The van der Waals surface area contributed by atoms with Gasteiger partial charge in [0.05, 0.1) is 0 Å². The summed E-state index contributed by atoms with van der Waals surface area (Å²) in [7, 11) is 0. The first kappa shape index (κ1) is 29.7. The Balaban J connectivity index is 0.000000364. The van der Waals surface area contributed by atoms with Gasteiger partial charge in [0.1, 0.15) is 5.76 Å². The van der Waals surface area contributed by atoms with Crippen molar-refractivity contribution in [3.8, 4) is 11.3 Å². The summed E-state index contributed by atoms with van der Waals surface area (Å²) < 4.78 is 0. The number of hydrogen-bond donors (Lipinski definition) is 1. The fraction of sp³-hybridized carbons (Fsp3) is 0.400. The molecule has 3 nitrogen and oxygen atoms in total. The molecule has 4 heteroatoms. The third kappa shape index (κ3) is 7.61. The molecule has 185 valence electrons. The SMILES string of the molecule is CC(C)(C)C(=O)/C=C(\O)C(C)(C)C.Cc1[c-]c(-c2ncc(C)c3ccc(C)cc23)c(C)cc1.[Ir]. The number of pyridine rings is 1. The second-order valence-electron chi connectivity index (χ2n) is 10.9. The number of carbonyl (C=O) groups excluding carboxylic acids is 1. The Bertz CT molecular complexity index is 1190. The number of nitrogens with zero attached hydrogens (tertiary/aromatic N) is 1. The molecule has 0 spiro atoms. The van der Waals surface area contributed by atoms with E-state index in [9.17, 15) is 9.90 Å². The molecule has 1 N–H and O–H groups in total. The van der Waals surface area contributed by atoms with Crippen molar-refractivity contribution < 1.29 is 30.0 Å². The summed E-state index contributed by atoms with van der Waals surface area (Å²) in [6.07, 6.45) is 3.29. The second kappa shape index (κ2) is 11.4. The smallest absolute Gasteiger partial charge is 0.164 e. The predicted molar refractivity (Wildman–Crippen MR) is 140 cm³/mol. The zero-order chi connectivity index (χ0) is 25.1. The van der Waals surface area contributed by atoms with Crippen LogP contribution in [0.1, 0.15) is 63.8 Å². The second-order valence-corrected chi connectivity index (χ2v) is 10.9. The molecular weight excluding hydrogens is 599 g/mol. The van der Waals surface area contributed by atoms with E-state index in [4.69, 9.17) is 0 Å². The van der Waals surface area contributed by atoms with Crippen LogP contribution in [0.15, 0.2) is 48.4 Å². The van der Waals surface area contributed by atoms with Gasteiger partial charge in [0.2, 0.25) is 0 Å². The van der Waals surface area contributed by atoms with E-state index in [0.717, 1.165) is 16.8 Å². The number of benzene rings is 2. The number of hydrogen-bond acceptors (Lipinski definition) is 3. The van der Waals surface area contributed by atoms with Gasteiger partial charge in [0, 0.05) is 43.2 Å². The number of carbonyl (C=O) groups is 1. The van der Waals surface area contributed by atoms with Crippen LogP contribution in [0.25, 0.3) is 22.0 Å². The van der Waals surface area contributed by atoms with E-state index in [1.165, 1.54) is 33.5 Å². The average Bonchev–Trinajstić information content (AvgIpc) is 2.69. The molecule has 0 saturated heterocycles. The molecule has 0 saturated carbocycles. The Morgan fingerprint density at radius 2 is 1.50 bits per heavy atom. The van der Waals surface area contributed by atoms with E-state index >= 15 is 0 Å². The van der Waals surface area contributed by atoms with Crippen molar-refractivity contribution in [1.29, 1.82) is 0 Å². The van der Waals surface area contributed by atoms with Crippen molar-refractivity contribution >= 4 is 16.6 Å². The molecule has 3 rings (SSSR count). The summed E-state index contributed by atoms with van der Waals surface area (Å²) in [5.74, 6) is 0.104. The fourth-order valence-corrected chi connectivity index (χ4v) is 3.17. The van der Waals surface area contributed by atoms with Crippen LogP contribution in [-0.2, 0) is 24.9 Å². The zero-order valence-corrected chi connectivity index (χ0v) is 24.6. The Labute approximate surface area is 219 Å². The summed E-state index contributed by atoms with van der Waals surface area (Å²) in [6, 6.07) is 14.3. The molecule has 0 atom stereocenters. The van der Waals surface area contributed by atoms with Crippen molar-refractivity contribution in [2.24, 2.45) is 10.8 Å². The van der Waals surface area contributed by atoms with Gasteiger partial charge in [-0.1, -0.05) is 79.2 Å². The first-order valence-corrected chi connectivity index (χ1v) is 11.4. The third-order valence-corrected chi connectivity index (χ3v) is 5.55. The van der Waals surface area contributed by atoms with Crippen LogP contribution < -0.4 is 0 Å². The Kier molecular flexibility index (Phi) is 9.99. The number of fused-ring (bicyclic) bond motifs is 1. The number of rotatable bonds is 2. The number of ketones is 1. The molecule has 1 radical (unpaired) electrons. The zero-order valence-electron chi connectivity index (χ0n) is 22.2. The Hall–Kier alpha value is -2.29. The topological polar surface area (TPSA) is 50.2 Å². The minimum atomic E-state index is -0.417. The molecule has 0 aliphatic carbocycles. The normalized spacial score (nSPS) is 12.0. The van der Waals surface area contributed by atoms with Gasteiger partial charge in [-0.2, -0.15) is 0 Å². The monoisotopic (exact) mass is 637 g/mol. The van der Waals surface area contributed by atoms with E-state index in [2.05, 4.69) is 69.1 Å². The quantitative estimate of drug-likeness (QED) is 0.176. The third-order valence-electron chi connectivity index (χ3n) is 5.55. The number of aliphatic hydroxyl groups excluding tert-OH is 1. The van der Waals surface area contributed by atoms with Crippen LogP contribution in [0.2, 0.25) is 0 Å². The van der Waals surface area contributed by atoms with Crippen molar-refractivity contribution in [2.75, 3.05) is 0 Å². The summed E-state index contributed by atoms with van der Waals surface area (Å²) in [6.45, 7) is 19.5. The minimum Gasteiger partial charge on any atom is -0.512 e. The molecule has 0 unspecified atom stereocenters. The van der Waals surface area contributed by atoms with Crippen molar-refractivity contribution in [2.45, 2.75) is 69.2 Å². The van der Waals surface area contributed by atoms with Crippen LogP contribution >= 0.6 is 0 Å². The molecule has 0 aliphatic heterocycles. The van der Waals surface area contributed by atoms with Gasteiger partial charge in [-0.25, -0.2) is 0 Å². The average molecular weight is 637 g/mol. The summed E-state index contributed by atoms with van der Waals surface area (Å²) in [5, 5.41) is 12.1. The Morgan fingerprint density at radius 1 is 0.882 bits per heavy atom. The van der Waals surface area contributed by atoms with Gasteiger partial charge in [0.15, 0.2) is 5.78 Å². The largest absolute Gasteiger partial charge is 0.512 e. The maximum Gasteiger partial charge on any atom is 0.164 e. The Morgan fingerprint density at radius 3 is 2.06 bits per heavy atom.